The lowest BCUT2D eigenvalue weighted by molar-refractivity contribution is 0.0538. The van der Waals surface area contributed by atoms with Gasteiger partial charge in [-0.15, -0.1) is 0 Å². The molecule has 0 radical (unpaired) electrons. The van der Waals surface area contributed by atoms with E-state index in [0.717, 1.165) is 30.5 Å². The summed E-state index contributed by atoms with van der Waals surface area (Å²) in [6, 6.07) is 1.92. The fourth-order valence-electron chi connectivity index (χ4n) is 2.43. The van der Waals surface area contributed by atoms with Gasteiger partial charge in [0.25, 0.3) is 5.91 Å². The van der Waals surface area contributed by atoms with Crippen LogP contribution >= 0.6 is 15.9 Å². The van der Waals surface area contributed by atoms with Crippen molar-refractivity contribution in [1.82, 2.24) is 10.3 Å². The van der Waals surface area contributed by atoms with E-state index in [4.69, 9.17) is 4.74 Å². The first kappa shape index (κ1) is 15.3. The topological polar surface area (TPSA) is 63.2 Å². The Morgan fingerprint density at radius 3 is 2.85 bits per heavy atom. The first-order valence-electron chi connectivity index (χ1n) is 6.83. The molecule has 5 nitrogen and oxygen atoms in total. The molecule has 110 valence electrons. The van der Waals surface area contributed by atoms with Crippen molar-refractivity contribution in [1.29, 1.82) is 0 Å². The molecule has 1 aromatic heterocycles. The highest BCUT2D eigenvalue weighted by molar-refractivity contribution is 9.10. The summed E-state index contributed by atoms with van der Waals surface area (Å²) in [4.78, 5) is 16.6. The van der Waals surface area contributed by atoms with E-state index in [9.17, 15) is 4.79 Å². The number of pyridine rings is 1. The maximum absolute atomic E-state index is 12.4. The van der Waals surface area contributed by atoms with Crippen LogP contribution in [-0.2, 0) is 4.74 Å². The van der Waals surface area contributed by atoms with Crippen LogP contribution in [0.5, 0.6) is 0 Å². The summed E-state index contributed by atoms with van der Waals surface area (Å²) in [6.45, 7) is 3.62. The standard InChI is InChI=1S/C14H20BrN3O2/c1-9(10-3-5-20-6-4-10)18-14(19)12-7-11(15)8-17-13(12)16-2/h7-10H,3-6H2,1-2H3,(H,16,17)(H,18,19). The largest absolute Gasteiger partial charge is 0.381 e. The van der Waals surface area contributed by atoms with Crippen LogP contribution in [0.4, 0.5) is 5.82 Å². The van der Waals surface area contributed by atoms with Gasteiger partial charge < -0.3 is 15.4 Å². The number of rotatable bonds is 4. The number of hydrogen-bond donors (Lipinski definition) is 2. The maximum atomic E-state index is 12.4. The summed E-state index contributed by atoms with van der Waals surface area (Å²) in [5.74, 6) is 0.970. The number of aromatic nitrogens is 1. The minimum absolute atomic E-state index is 0.0952. The third-order valence-corrected chi connectivity index (χ3v) is 4.10. The van der Waals surface area contributed by atoms with E-state index in [1.807, 2.05) is 0 Å². The van der Waals surface area contributed by atoms with Gasteiger partial charge in [0.05, 0.1) is 5.56 Å². The molecular weight excluding hydrogens is 322 g/mol. The average molecular weight is 342 g/mol. The van der Waals surface area contributed by atoms with Gasteiger partial charge in [0, 0.05) is 37.0 Å². The van der Waals surface area contributed by atoms with Gasteiger partial charge in [-0.2, -0.15) is 0 Å². The fraction of sp³-hybridized carbons (Fsp3) is 0.571. The van der Waals surface area contributed by atoms with Crippen LogP contribution in [0.25, 0.3) is 0 Å². The van der Waals surface area contributed by atoms with Gasteiger partial charge in [-0.1, -0.05) is 0 Å². The molecule has 0 spiro atoms. The number of amides is 1. The Morgan fingerprint density at radius 1 is 1.50 bits per heavy atom. The smallest absolute Gasteiger partial charge is 0.255 e. The van der Waals surface area contributed by atoms with Crippen molar-refractivity contribution in [2.75, 3.05) is 25.6 Å². The summed E-state index contributed by atoms with van der Waals surface area (Å²) < 4.78 is 6.14. The molecule has 20 heavy (non-hydrogen) atoms. The quantitative estimate of drug-likeness (QED) is 0.882. The number of halogens is 1. The lowest BCUT2D eigenvalue weighted by Crippen LogP contribution is -2.40. The SMILES string of the molecule is CNc1ncc(Br)cc1C(=O)NC(C)C1CCOCC1. The highest BCUT2D eigenvalue weighted by Gasteiger charge is 2.23. The predicted octanol–water partition coefficient (Wildman–Crippen LogP) is 2.43. The number of anilines is 1. The minimum Gasteiger partial charge on any atom is -0.381 e. The van der Waals surface area contributed by atoms with Crippen LogP contribution in [0.15, 0.2) is 16.7 Å². The third kappa shape index (κ3) is 3.70. The minimum atomic E-state index is -0.0952. The third-order valence-electron chi connectivity index (χ3n) is 3.67. The zero-order valence-electron chi connectivity index (χ0n) is 11.8. The lowest BCUT2D eigenvalue weighted by Gasteiger charge is -2.28. The molecule has 0 saturated carbocycles. The normalized spacial score (nSPS) is 17.6. The molecule has 1 saturated heterocycles. The average Bonchev–Trinajstić information content (AvgIpc) is 2.48. The highest BCUT2D eigenvalue weighted by Crippen LogP contribution is 2.21. The summed E-state index contributed by atoms with van der Waals surface area (Å²) in [6.07, 6.45) is 3.67. The number of nitrogens with zero attached hydrogens (tertiary/aromatic N) is 1. The Balaban J connectivity index is 2.05. The van der Waals surface area contributed by atoms with Gasteiger partial charge in [-0.3, -0.25) is 4.79 Å². The molecule has 1 unspecified atom stereocenters. The monoisotopic (exact) mass is 341 g/mol. The van der Waals surface area contributed by atoms with Gasteiger partial charge in [-0.05, 0) is 47.7 Å². The van der Waals surface area contributed by atoms with Crippen LogP contribution in [0.1, 0.15) is 30.1 Å². The number of carbonyl (C=O) groups excluding carboxylic acids is 1. The highest BCUT2D eigenvalue weighted by atomic mass is 79.9. The van der Waals surface area contributed by atoms with Crippen molar-refractivity contribution in [2.45, 2.75) is 25.8 Å². The first-order valence-corrected chi connectivity index (χ1v) is 7.63. The predicted molar refractivity (Wildman–Crippen MR) is 82.0 cm³/mol. The van der Waals surface area contributed by atoms with Gasteiger partial charge in [-0.25, -0.2) is 4.98 Å². The lowest BCUT2D eigenvalue weighted by atomic mass is 9.93. The molecule has 6 heteroatoms. The number of hydrogen-bond acceptors (Lipinski definition) is 4. The number of carbonyl (C=O) groups is 1. The maximum Gasteiger partial charge on any atom is 0.255 e. The summed E-state index contributed by atoms with van der Waals surface area (Å²) in [7, 11) is 1.76. The molecule has 1 aromatic rings. The molecule has 1 aliphatic rings. The molecule has 0 aromatic carbocycles. The Labute approximate surface area is 127 Å². The van der Waals surface area contributed by atoms with Gasteiger partial charge in [0.15, 0.2) is 0 Å². The second-order valence-electron chi connectivity index (χ2n) is 5.01. The second-order valence-corrected chi connectivity index (χ2v) is 5.93. The van der Waals surface area contributed by atoms with Gasteiger partial charge in [0.1, 0.15) is 5.82 Å². The van der Waals surface area contributed by atoms with Crippen LogP contribution in [-0.4, -0.2) is 37.2 Å². The van der Waals surface area contributed by atoms with Crippen molar-refractivity contribution in [3.05, 3.63) is 22.3 Å². The fourth-order valence-corrected chi connectivity index (χ4v) is 2.76. The van der Waals surface area contributed by atoms with E-state index in [-0.39, 0.29) is 11.9 Å². The van der Waals surface area contributed by atoms with Crippen LogP contribution < -0.4 is 10.6 Å². The van der Waals surface area contributed by atoms with E-state index >= 15 is 0 Å². The Bertz CT molecular complexity index is 475. The van der Waals surface area contributed by atoms with Crippen LogP contribution in [0, 0.1) is 5.92 Å². The van der Waals surface area contributed by atoms with Crippen molar-refractivity contribution < 1.29 is 9.53 Å². The summed E-state index contributed by atoms with van der Waals surface area (Å²) in [5, 5.41) is 6.02. The van der Waals surface area contributed by atoms with E-state index in [2.05, 4.69) is 38.5 Å². The molecule has 1 aliphatic heterocycles. The molecular formula is C14H20BrN3O2. The molecule has 2 heterocycles. The van der Waals surface area contributed by atoms with Crippen molar-refractivity contribution in [3.8, 4) is 0 Å². The van der Waals surface area contributed by atoms with E-state index in [0.29, 0.717) is 17.3 Å². The summed E-state index contributed by atoms with van der Waals surface area (Å²) >= 11 is 3.35. The molecule has 0 aliphatic carbocycles. The second kappa shape index (κ2) is 7.04. The molecule has 1 atom stereocenters. The number of nitrogens with one attached hydrogen (secondary N) is 2. The van der Waals surface area contributed by atoms with Gasteiger partial charge in [0.2, 0.25) is 0 Å². The van der Waals surface area contributed by atoms with Gasteiger partial charge >= 0.3 is 0 Å². The molecule has 1 fully saturated rings. The van der Waals surface area contributed by atoms with E-state index < -0.39 is 0 Å². The Kier molecular flexibility index (Phi) is 5.37. The molecule has 2 N–H and O–H groups in total. The zero-order valence-corrected chi connectivity index (χ0v) is 13.4. The molecule has 0 bridgehead atoms. The zero-order chi connectivity index (χ0) is 14.5. The molecule has 1 amide bonds. The Morgan fingerprint density at radius 2 is 2.20 bits per heavy atom. The number of ether oxygens (including phenoxy) is 1. The Hall–Kier alpha value is -1.14. The summed E-state index contributed by atoms with van der Waals surface area (Å²) in [5.41, 5.74) is 0.556. The van der Waals surface area contributed by atoms with Crippen LogP contribution in [0.3, 0.4) is 0 Å². The van der Waals surface area contributed by atoms with E-state index in [1.54, 1.807) is 19.3 Å². The first-order chi connectivity index (χ1) is 9.61. The van der Waals surface area contributed by atoms with Crippen molar-refractivity contribution >= 4 is 27.7 Å². The molecule has 2 rings (SSSR count). The van der Waals surface area contributed by atoms with Crippen molar-refractivity contribution in [3.63, 3.8) is 0 Å². The van der Waals surface area contributed by atoms with Crippen LogP contribution in [0.2, 0.25) is 0 Å². The van der Waals surface area contributed by atoms with Crippen molar-refractivity contribution in [2.24, 2.45) is 5.92 Å². The van der Waals surface area contributed by atoms with E-state index in [1.165, 1.54) is 0 Å².